The molecule has 108 valence electrons. The Morgan fingerprint density at radius 3 is 2.80 bits per heavy atom. The Kier molecular flexibility index (Phi) is 4.12. The number of amides is 2. The molecule has 0 aliphatic rings. The average molecular weight is 276 g/mol. The fourth-order valence-corrected chi connectivity index (χ4v) is 2.03. The number of aryl methyl sites for hydroxylation is 3. The summed E-state index contributed by atoms with van der Waals surface area (Å²) >= 11 is 0. The number of hydrogen-bond acceptors (Lipinski definition) is 3. The lowest BCUT2D eigenvalue weighted by atomic mass is 10.2. The van der Waals surface area contributed by atoms with Crippen LogP contribution in [0.1, 0.15) is 35.6 Å². The molecule has 0 spiro atoms. The van der Waals surface area contributed by atoms with Crippen LogP contribution in [0.2, 0.25) is 0 Å². The third-order valence-corrected chi connectivity index (χ3v) is 3.16. The highest BCUT2D eigenvalue weighted by Crippen LogP contribution is 2.13. The minimum Gasteiger partial charge on any atom is -0.466 e. The minimum atomic E-state index is -0.209. The van der Waals surface area contributed by atoms with Crippen molar-refractivity contribution in [3.8, 4) is 0 Å². The third-order valence-electron chi connectivity index (χ3n) is 3.16. The molecule has 0 saturated heterocycles. The number of furan rings is 1. The second kappa shape index (κ2) is 5.81. The van der Waals surface area contributed by atoms with Gasteiger partial charge in [0.15, 0.2) is 0 Å². The molecule has 20 heavy (non-hydrogen) atoms. The zero-order chi connectivity index (χ0) is 14.7. The monoisotopic (exact) mass is 276 g/mol. The maximum Gasteiger partial charge on any atom is 0.315 e. The normalized spacial score (nSPS) is 12.2. The van der Waals surface area contributed by atoms with Crippen LogP contribution in [0.25, 0.3) is 0 Å². The number of urea groups is 1. The van der Waals surface area contributed by atoms with Crippen molar-refractivity contribution in [1.82, 2.24) is 20.4 Å². The Morgan fingerprint density at radius 2 is 2.25 bits per heavy atom. The van der Waals surface area contributed by atoms with Crippen molar-refractivity contribution in [2.75, 3.05) is 0 Å². The van der Waals surface area contributed by atoms with E-state index >= 15 is 0 Å². The molecule has 2 amide bonds. The van der Waals surface area contributed by atoms with Crippen LogP contribution < -0.4 is 10.6 Å². The molecule has 6 heteroatoms. The van der Waals surface area contributed by atoms with Crippen LogP contribution >= 0.6 is 0 Å². The Labute approximate surface area is 118 Å². The predicted octanol–water partition coefficient (Wildman–Crippen LogP) is 2.19. The number of rotatable bonds is 4. The summed E-state index contributed by atoms with van der Waals surface area (Å²) in [5.74, 6) is 1.69. The van der Waals surface area contributed by atoms with Crippen molar-refractivity contribution < 1.29 is 9.21 Å². The molecule has 0 fully saturated rings. The summed E-state index contributed by atoms with van der Waals surface area (Å²) in [5.41, 5.74) is 1.96. The molecule has 1 unspecified atom stereocenters. The fourth-order valence-electron chi connectivity index (χ4n) is 2.03. The number of carbonyl (C=O) groups is 1. The average Bonchev–Trinajstić information content (AvgIpc) is 2.93. The largest absolute Gasteiger partial charge is 0.466 e. The summed E-state index contributed by atoms with van der Waals surface area (Å²) in [4.78, 5) is 11.8. The van der Waals surface area contributed by atoms with Crippen molar-refractivity contribution in [3.63, 3.8) is 0 Å². The van der Waals surface area contributed by atoms with E-state index in [9.17, 15) is 4.79 Å². The molecule has 1 atom stereocenters. The molecule has 0 aromatic carbocycles. The summed E-state index contributed by atoms with van der Waals surface area (Å²) < 4.78 is 7.13. The quantitative estimate of drug-likeness (QED) is 0.899. The molecule has 2 N–H and O–H groups in total. The van der Waals surface area contributed by atoms with Crippen molar-refractivity contribution in [2.24, 2.45) is 7.05 Å². The molecule has 2 rings (SSSR count). The van der Waals surface area contributed by atoms with Crippen LogP contribution in [0.5, 0.6) is 0 Å². The van der Waals surface area contributed by atoms with E-state index in [0.717, 1.165) is 22.6 Å². The van der Waals surface area contributed by atoms with E-state index in [-0.39, 0.29) is 12.1 Å². The van der Waals surface area contributed by atoms with Gasteiger partial charge in [-0.2, -0.15) is 5.10 Å². The molecule has 0 radical (unpaired) electrons. The van der Waals surface area contributed by atoms with Gasteiger partial charge in [-0.3, -0.25) is 4.68 Å². The summed E-state index contributed by atoms with van der Waals surface area (Å²) in [6.07, 6.45) is 3.63. The van der Waals surface area contributed by atoms with Crippen molar-refractivity contribution >= 4 is 6.03 Å². The van der Waals surface area contributed by atoms with Gasteiger partial charge in [0.25, 0.3) is 0 Å². The van der Waals surface area contributed by atoms with Crippen LogP contribution in [-0.2, 0) is 13.6 Å². The zero-order valence-electron chi connectivity index (χ0n) is 12.2. The summed E-state index contributed by atoms with van der Waals surface area (Å²) in [7, 11) is 1.85. The van der Waals surface area contributed by atoms with Gasteiger partial charge in [-0.05, 0) is 26.8 Å². The Hall–Kier alpha value is -2.24. The SMILES string of the molecule is Cc1cc(CNC(=O)NC(C)c2cnn(C)c2)c(C)o1. The van der Waals surface area contributed by atoms with Crippen molar-refractivity contribution in [1.29, 1.82) is 0 Å². The molecule has 0 saturated carbocycles. The first kappa shape index (κ1) is 14.2. The molecule has 0 aliphatic heterocycles. The lowest BCUT2D eigenvalue weighted by Crippen LogP contribution is -2.36. The maximum absolute atomic E-state index is 11.8. The summed E-state index contributed by atoms with van der Waals surface area (Å²) in [6, 6.07) is 1.63. The van der Waals surface area contributed by atoms with E-state index < -0.39 is 0 Å². The molecular formula is C14H20N4O2. The first-order valence-corrected chi connectivity index (χ1v) is 6.54. The second-order valence-electron chi connectivity index (χ2n) is 4.93. The number of carbonyl (C=O) groups excluding carboxylic acids is 1. The summed E-state index contributed by atoms with van der Waals surface area (Å²) in [5, 5.41) is 9.78. The van der Waals surface area contributed by atoms with Gasteiger partial charge < -0.3 is 15.1 Å². The standard InChI is InChI=1S/C14H20N4O2/c1-9-5-12(11(3)20-9)6-15-14(19)17-10(2)13-7-16-18(4)8-13/h5,7-8,10H,6H2,1-4H3,(H2,15,17,19). The van der Waals surface area contributed by atoms with Crippen LogP contribution in [0.15, 0.2) is 22.9 Å². The highest BCUT2D eigenvalue weighted by atomic mass is 16.3. The lowest BCUT2D eigenvalue weighted by molar-refractivity contribution is 0.237. The Balaban J connectivity index is 1.85. The molecule has 2 heterocycles. The van der Waals surface area contributed by atoms with E-state index in [1.54, 1.807) is 10.9 Å². The zero-order valence-corrected chi connectivity index (χ0v) is 12.2. The van der Waals surface area contributed by atoms with Gasteiger partial charge >= 0.3 is 6.03 Å². The van der Waals surface area contributed by atoms with Gasteiger partial charge in [-0.25, -0.2) is 4.79 Å². The van der Waals surface area contributed by atoms with Gasteiger partial charge in [-0.15, -0.1) is 0 Å². The van der Waals surface area contributed by atoms with Crippen LogP contribution in [0.3, 0.4) is 0 Å². The van der Waals surface area contributed by atoms with Gasteiger partial charge in [0, 0.05) is 30.9 Å². The van der Waals surface area contributed by atoms with Crippen molar-refractivity contribution in [2.45, 2.75) is 33.4 Å². The maximum atomic E-state index is 11.8. The second-order valence-corrected chi connectivity index (χ2v) is 4.93. The number of nitrogens with one attached hydrogen (secondary N) is 2. The number of nitrogens with zero attached hydrogens (tertiary/aromatic N) is 2. The smallest absolute Gasteiger partial charge is 0.315 e. The van der Waals surface area contributed by atoms with Gasteiger partial charge in [0.1, 0.15) is 11.5 Å². The van der Waals surface area contributed by atoms with Crippen molar-refractivity contribution in [3.05, 3.63) is 41.1 Å². The highest BCUT2D eigenvalue weighted by molar-refractivity contribution is 5.74. The van der Waals surface area contributed by atoms with Crippen LogP contribution in [0.4, 0.5) is 4.79 Å². The molecule has 0 aliphatic carbocycles. The van der Waals surface area contributed by atoms with Gasteiger partial charge in [-0.1, -0.05) is 0 Å². The number of hydrogen-bond donors (Lipinski definition) is 2. The van der Waals surface area contributed by atoms with E-state index in [0.29, 0.717) is 6.54 Å². The van der Waals surface area contributed by atoms with Crippen LogP contribution in [-0.4, -0.2) is 15.8 Å². The minimum absolute atomic E-state index is 0.0871. The topological polar surface area (TPSA) is 72.1 Å². The highest BCUT2D eigenvalue weighted by Gasteiger charge is 2.11. The molecule has 2 aromatic rings. The third kappa shape index (κ3) is 3.40. The van der Waals surface area contributed by atoms with E-state index in [1.165, 1.54) is 0 Å². The fraction of sp³-hybridized carbons (Fsp3) is 0.429. The van der Waals surface area contributed by atoms with Gasteiger partial charge in [0.05, 0.1) is 12.2 Å². The first-order chi connectivity index (χ1) is 9.45. The van der Waals surface area contributed by atoms with Crippen LogP contribution in [0, 0.1) is 13.8 Å². The molecule has 6 nitrogen and oxygen atoms in total. The predicted molar refractivity (Wildman–Crippen MR) is 75.2 cm³/mol. The first-order valence-electron chi connectivity index (χ1n) is 6.54. The molecular weight excluding hydrogens is 256 g/mol. The molecule has 2 aromatic heterocycles. The number of aromatic nitrogens is 2. The van der Waals surface area contributed by atoms with E-state index in [2.05, 4.69) is 15.7 Å². The summed E-state index contributed by atoms with van der Waals surface area (Å²) in [6.45, 7) is 6.15. The van der Waals surface area contributed by atoms with E-state index in [4.69, 9.17) is 4.42 Å². The molecule has 0 bridgehead atoms. The Bertz CT molecular complexity index is 600. The van der Waals surface area contributed by atoms with E-state index in [1.807, 2.05) is 40.1 Å². The Morgan fingerprint density at radius 1 is 1.50 bits per heavy atom. The van der Waals surface area contributed by atoms with Gasteiger partial charge in [0.2, 0.25) is 0 Å². The lowest BCUT2D eigenvalue weighted by Gasteiger charge is -2.12.